The number of carbonyl (C=O) groups excluding carboxylic acids is 1. The third-order valence-electron chi connectivity index (χ3n) is 6.69. The van der Waals surface area contributed by atoms with E-state index in [0.717, 1.165) is 16.7 Å². The number of carboxylic acid groups (broad SMARTS) is 1. The van der Waals surface area contributed by atoms with E-state index in [9.17, 15) is 14.7 Å². The summed E-state index contributed by atoms with van der Waals surface area (Å²) in [6.07, 6.45) is 0. The fourth-order valence-corrected chi connectivity index (χ4v) is 5.61. The zero-order chi connectivity index (χ0) is 27.5. The van der Waals surface area contributed by atoms with Crippen LogP contribution in [0.1, 0.15) is 84.5 Å². The number of halogens is 2. The molecular weight excluding hydrogens is 509 g/mol. The minimum absolute atomic E-state index is 0.143. The van der Waals surface area contributed by atoms with Gasteiger partial charge in [-0.05, 0) is 64.4 Å². The van der Waals surface area contributed by atoms with Crippen molar-refractivity contribution in [1.82, 2.24) is 0 Å². The highest BCUT2D eigenvalue weighted by molar-refractivity contribution is 6.36. The predicted molar refractivity (Wildman–Crippen MR) is 150 cm³/mol. The molecule has 0 aliphatic carbocycles. The van der Waals surface area contributed by atoms with Crippen LogP contribution in [0.2, 0.25) is 10.0 Å². The highest BCUT2D eigenvalue weighted by atomic mass is 35.5. The maximum absolute atomic E-state index is 12.6. The van der Waals surface area contributed by atoms with Crippen LogP contribution in [0.5, 0.6) is 0 Å². The second kappa shape index (κ2) is 8.96. The third kappa shape index (κ3) is 4.64. The van der Waals surface area contributed by atoms with Crippen LogP contribution in [-0.2, 0) is 16.5 Å². The van der Waals surface area contributed by atoms with Crippen LogP contribution in [0.25, 0.3) is 0 Å². The summed E-state index contributed by atoms with van der Waals surface area (Å²) < 4.78 is 0. The normalized spacial score (nSPS) is 17.1. The Balaban J connectivity index is 2.15. The van der Waals surface area contributed by atoms with E-state index in [0.29, 0.717) is 32.5 Å². The number of nitrogens with one attached hydrogen (secondary N) is 2. The first-order valence-electron chi connectivity index (χ1n) is 11.9. The molecule has 8 heteroatoms. The lowest BCUT2D eigenvalue weighted by molar-refractivity contribution is 0.0696. The summed E-state index contributed by atoms with van der Waals surface area (Å²) in [5.74, 6) is -1.54. The molecule has 0 radical (unpaired) electrons. The molecular formula is C29H31Cl2N3O3. The monoisotopic (exact) mass is 539 g/mol. The van der Waals surface area contributed by atoms with Crippen LogP contribution in [0.3, 0.4) is 0 Å². The van der Waals surface area contributed by atoms with Crippen molar-refractivity contribution in [3.05, 3.63) is 92.0 Å². The third-order valence-corrected chi connectivity index (χ3v) is 7.32. The number of amides is 1. The number of primary amides is 1. The molecule has 1 unspecified atom stereocenters. The summed E-state index contributed by atoms with van der Waals surface area (Å²) in [4.78, 5) is 24.3. The maximum atomic E-state index is 12.6. The van der Waals surface area contributed by atoms with Crippen molar-refractivity contribution in [2.45, 2.75) is 58.0 Å². The standard InChI is InChI=1S/C29H31Cl2N3O3/c1-27(2,3)17-14-19(18(28(4,5)6)13-16(17)25(32)35)29(24-20(30)8-7-9-21(24)31)33-22-11-10-15(26(36)37)12-23(22)34-29/h7-14,33-34H,1-6H3,(H2,32,35)(H,36,37). The second-order valence-corrected chi connectivity index (χ2v) is 12.3. The number of carbonyl (C=O) groups is 2. The van der Waals surface area contributed by atoms with Gasteiger partial charge in [-0.15, -0.1) is 0 Å². The maximum Gasteiger partial charge on any atom is 0.335 e. The van der Waals surface area contributed by atoms with Crippen LogP contribution in [0.15, 0.2) is 48.5 Å². The molecule has 37 heavy (non-hydrogen) atoms. The lowest BCUT2D eigenvalue weighted by Gasteiger charge is -2.39. The molecule has 0 saturated heterocycles. The quantitative estimate of drug-likeness (QED) is 0.282. The minimum atomic E-state index is -1.17. The first-order chi connectivity index (χ1) is 17.1. The first-order valence-corrected chi connectivity index (χ1v) is 12.7. The molecule has 3 aromatic carbocycles. The van der Waals surface area contributed by atoms with E-state index in [1.54, 1.807) is 36.4 Å². The van der Waals surface area contributed by atoms with E-state index in [2.05, 4.69) is 31.4 Å². The Hall–Kier alpha value is -3.22. The molecule has 0 saturated carbocycles. The average Bonchev–Trinajstić information content (AvgIpc) is 3.16. The Bertz CT molecular complexity index is 1420. The number of rotatable bonds is 4. The Morgan fingerprint density at radius 3 is 1.92 bits per heavy atom. The number of carboxylic acids is 1. The van der Waals surface area contributed by atoms with Crippen LogP contribution in [-0.4, -0.2) is 17.0 Å². The smallest absolute Gasteiger partial charge is 0.335 e. The van der Waals surface area contributed by atoms with Gasteiger partial charge in [0.15, 0.2) is 5.66 Å². The number of benzene rings is 3. The summed E-state index contributed by atoms with van der Waals surface area (Å²) in [7, 11) is 0. The van der Waals surface area contributed by atoms with Gasteiger partial charge in [-0.1, -0.05) is 70.8 Å². The molecule has 3 aromatic rings. The van der Waals surface area contributed by atoms with E-state index >= 15 is 0 Å². The van der Waals surface area contributed by atoms with Crippen LogP contribution in [0.4, 0.5) is 11.4 Å². The number of anilines is 2. The van der Waals surface area contributed by atoms with Gasteiger partial charge >= 0.3 is 5.97 Å². The lowest BCUT2D eigenvalue weighted by atomic mass is 9.73. The van der Waals surface area contributed by atoms with E-state index in [4.69, 9.17) is 28.9 Å². The molecule has 0 fully saturated rings. The van der Waals surface area contributed by atoms with Gasteiger partial charge in [-0.25, -0.2) is 4.79 Å². The number of aromatic carboxylic acids is 1. The van der Waals surface area contributed by atoms with Gasteiger partial charge in [0.25, 0.3) is 0 Å². The Morgan fingerprint density at radius 2 is 1.41 bits per heavy atom. The minimum Gasteiger partial charge on any atom is -0.478 e. The van der Waals surface area contributed by atoms with Gasteiger partial charge < -0.3 is 21.5 Å². The van der Waals surface area contributed by atoms with E-state index in [1.165, 1.54) is 0 Å². The van der Waals surface area contributed by atoms with Crippen LogP contribution in [0, 0.1) is 0 Å². The van der Waals surface area contributed by atoms with Gasteiger partial charge in [0, 0.05) is 26.7 Å². The lowest BCUT2D eigenvalue weighted by Crippen LogP contribution is -2.43. The van der Waals surface area contributed by atoms with Crippen molar-refractivity contribution in [2.24, 2.45) is 5.73 Å². The summed E-state index contributed by atoms with van der Waals surface area (Å²) in [5, 5.41) is 17.6. The van der Waals surface area contributed by atoms with Crippen molar-refractivity contribution < 1.29 is 14.7 Å². The van der Waals surface area contributed by atoms with E-state index < -0.39 is 28.4 Å². The summed E-state index contributed by atoms with van der Waals surface area (Å²) >= 11 is 13.6. The number of nitrogens with two attached hydrogens (primary N) is 1. The molecule has 194 valence electrons. The topological polar surface area (TPSA) is 104 Å². The first kappa shape index (κ1) is 26.8. The molecule has 4 rings (SSSR count). The molecule has 5 N–H and O–H groups in total. The molecule has 1 aliphatic heterocycles. The zero-order valence-corrected chi connectivity index (χ0v) is 23.2. The van der Waals surface area contributed by atoms with Crippen molar-refractivity contribution >= 4 is 46.5 Å². The van der Waals surface area contributed by atoms with Gasteiger partial charge in [-0.3, -0.25) is 4.79 Å². The SMILES string of the molecule is CC(C)(C)c1cc(C2(c3c(Cl)cccc3Cl)Nc3ccc(C(=O)O)cc3N2)c(C(C)(C)C)cc1C(N)=O. The Kier molecular flexibility index (Phi) is 6.50. The van der Waals surface area contributed by atoms with Crippen molar-refractivity contribution in [2.75, 3.05) is 10.6 Å². The van der Waals surface area contributed by atoms with Gasteiger partial charge in [-0.2, -0.15) is 0 Å². The molecule has 1 amide bonds. The Morgan fingerprint density at radius 1 is 0.838 bits per heavy atom. The van der Waals surface area contributed by atoms with Crippen LogP contribution < -0.4 is 16.4 Å². The fourth-order valence-electron chi connectivity index (χ4n) is 4.93. The second-order valence-electron chi connectivity index (χ2n) is 11.5. The summed E-state index contributed by atoms with van der Waals surface area (Å²) in [6.45, 7) is 12.2. The molecule has 0 spiro atoms. The average molecular weight is 540 g/mol. The largest absolute Gasteiger partial charge is 0.478 e. The van der Waals surface area contributed by atoms with Crippen molar-refractivity contribution in [3.8, 4) is 0 Å². The van der Waals surface area contributed by atoms with E-state index in [-0.39, 0.29) is 5.56 Å². The van der Waals surface area contributed by atoms with Crippen molar-refractivity contribution in [1.29, 1.82) is 0 Å². The van der Waals surface area contributed by atoms with E-state index in [1.807, 2.05) is 32.9 Å². The molecule has 0 bridgehead atoms. The summed E-state index contributed by atoms with van der Waals surface area (Å²) in [5.41, 5.74) is 8.76. The van der Waals surface area contributed by atoms with Gasteiger partial charge in [0.1, 0.15) is 0 Å². The van der Waals surface area contributed by atoms with Gasteiger partial charge in [0.2, 0.25) is 5.91 Å². The number of fused-ring (bicyclic) bond motifs is 1. The fraction of sp³-hybridized carbons (Fsp3) is 0.310. The highest BCUT2D eigenvalue weighted by Crippen LogP contribution is 2.51. The number of hydrogen-bond acceptors (Lipinski definition) is 4. The molecule has 6 nitrogen and oxygen atoms in total. The van der Waals surface area contributed by atoms with Crippen LogP contribution >= 0.6 is 23.2 Å². The Labute approximate surface area is 227 Å². The molecule has 1 atom stereocenters. The molecule has 0 aromatic heterocycles. The van der Waals surface area contributed by atoms with Crippen molar-refractivity contribution in [3.63, 3.8) is 0 Å². The number of hydrogen-bond donors (Lipinski definition) is 4. The molecule has 1 heterocycles. The summed E-state index contributed by atoms with van der Waals surface area (Å²) in [6, 6.07) is 14.0. The zero-order valence-electron chi connectivity index (χ0n) is 21.7. The highest BCUT2D eigenvalue weighted by Gasteiger charge is 2.46. The molecule has 1 aliphatic rings. The van der Waals surface area contributed by atoms with Gasteiger partial charge in [0.05, 0.1) is 16.9 Å². The predicted octanol–water partition coefficient (Wildman–Crippen LogP) is 7.12.